The lowest BCUT2D eigenvalue weighted by molar-refractivity contribution is -0.117. The molecule has 0 radical (unpaired) electrons. The third-order valence-corrected chi connectivity index (χ3v) is 4.06. The molecule has 0 saturated carbocycles. The summed E-state index contributed by atoms with van der Waals surface area (Å²) in [5.41, 5.74) is 4.61. The van der Waals surface area contributed by atoms with Gasteiger partial charge in [-0.1, -0.05) is 30.3 Å². The lowest BCUT2D eigenvalue weighted by atomic mass is 10.1. The molecule has 0 atom stereocenters. The Morgan fingerprint density at radius 1 is 1.32 bits per heavy atom. The highest BCUT2D eigenvalue weighted by molar-refractivity contribution is 5.92. The molecular formula is C18H22N6O. The fourth-order valence-electron chi connectivity index (χ4n) is 2.60. The van der Waals surface area contributed by atoms with E-state index in [1.165, 1.54) is 0 Å². The molecule has 0 unspecified atom stereocenters. The van der Waals surface area contributed by atoms with Crippen LogP contribution < -0.4 is 5.32 Å². The van der Waals surface area contributed by atoms with Crippen LogP contribution in [-0.2, 0) is 18.4 Å². The van der Waals surface area contributed by atoms with E-state index < -0.39 is 0 Å². The Labute approximate surface area is 146 Å². The molecule has 0 aliphatic heterocycles. The predicted molar refractivity (Wildman–Crippen MR) is 96.9 cm³/mol. The Bertz CT molecular complexity index is 852. The number of carbonyl (C=O) groups excluding carboxylic acids is 1. The number of amides is 1. The van der Waals surface area contributed by atoms with Crippen LogP contribution >= 0.6 is 0 Å². The van der Waals surface area contributed by atoms with Gasteiger partial charge in [-0.2, -0.15) is 10.2 Å². The average molecular weight is 338 g/mol. The molecule has 1 aromatic carbocycles. The molecule has 3 aromatic rings. The second-order valence-electron chi connectivity index (χ2n) is 6.13. The highest BCUT2D eigenvalue weighted by Crippen LogP contribution is 2.17. The van der Waals surface area contributed by atoms with Gasteiger partial charge in [-0.15, -0.1) is 0 Å². The van der Waals surface area contributed by atoms with Crippen molar-refractivity contribution in [1.29, 1.82) is 0 Å². The molecule has 0 saturated heterocycles. The molecule has 7 heteroatoms. The van der Waals surface area contributed by atoms with E-state index in [4.69, 9.17) is 0 Å². The van der Waals surface area contributed by atoms with Crippen molar-refractivity contribution in [3.05, 3.63) is 54.0 Å². The number of rotatable bonds is 6. The van der Waals surface area contributed by atoms with Gasteiger partial charge in [-0.25, -0.2) is 0 Å². The number of aryl methyl sites for hydroxylation is 1. The van der Waals surface area contributed by atoms with Gasteiger partial charge < -0.3 is 5.32 Å². The van der Waals surface area contributed by atoms with Crippen molar-refractivity contribution in [2.75, 3.05) is 18.9 Å². The number of nitrogens with one attached hydrogen (secondary N) is 2. The smallest absolute Gasteiger partial charge is 0.238 e. The maximum absolute atomic E-state index is 12.2. The highest BCUT2D eigenvalue weighted by atomic mass is 16.2. The summed E-state index contributed by atoms with van der Waals surface area (Å²) in [6.45, 7) is 2.81. The van der Waals surface area contributed by atoms with Gasteiger partial charge in [-0.3, -0.25) is 19.5 Å². The van der Waals surface area contributed by atoms with Crippen molar-refractivity contribution in [2.24, 2.45) is 7.05 Å². The zero-order valence-electron chi connectivity index (χ0n) is 14.7. The van der Waals surface area contributed by atoms with Gasteiger partial charge in [0.25, 0.3) is 0 Å². The summed E-state index contributed by atoms with van der Waals surface area (Å²) in [5, 5.41) is 14.4. The number of anilines is 1. The first-order valence-electron chi connectivity index (χ1n) is 8.09. The molecule has 0 aliphatic carbocycles. The van der Waals surface area contributed by atoms with Crippen molar-refractivity contribution < 1.29 is 4.79 Å². The third kappa shape index (κ3) is 4.13. The van der Waals surface area contributed by atoms with Crippen LogP contribution in [0.15, 0.2) is 42.6 Å². The number of H-pyrrole nitrogens is 1. The standard InChI is InChI=1S/C18H22N6O/c1-13-17(10-19-24(13)3)20-18(25)12-23(2)11-15-9-16(22-21-15)14-7-5-4-6-8-14/h4-10H,11-12H2,1-3H3,(H,20,25)(H,21,22). The van der Waals surface area contributed by atoms with E-state index in [1.54, 1.807) is 10.9 Å². The number of aromatic nitrogens is 4. The molecule has 0 fully saturated rings. The van der Waals surface area contributed by atoms with E-state index in [2.05, 4.69) is 20.6 Å². The minimum absolute atomic E-state index is 0.0681. The topological polar surface area (TPSA) is 78.8 Å². The second kappa shape index (κ2) is 7.31. The molecule has 0 aliphatic rings. The van der Waals surface area contributed by atoms with Gasteiger partial charge in [0.05, 0.1) is 29.8 Å². The summed E-state index contributed by atoms with van der Waals surface area (Å²) in [6, 6.07) is 12.0. The van der Waals surface area contributed by atoms with Gasteiger partial charge in [-0.05, 0) is 20.0 Å². The van der Waals surface area contributed by atoms with E-state index in [-0.39, 0.29) is 12.5 Å². The largest absolute Gasteiger partial charge is 0.322 e. The van der Waals surface area contributed by atoms with Gasteiger partial charge >= 0.3 is 0 Å². The molecule has 0 bridgehead atoms. The minimum Gasteiger partial charge on any atom is -0.322 e. The van der Waals surface area contributed by atoms with E-state index >= 15 is 0 Å². The van der Waals surface area contributed by atoms with Crippen molar-refractivity contribution in [1.82, 2.24) is 24.9 Å². The Morgan fingerprint density at radius 2 is 2.08 bits per heavy atom. The Balaban J connectivity index is 1.56. The van der Waals surface area contributed by atoms with Crippen LogP contribution in [-0.4, -0.2) is 44.4 Å². The van der Waals surface area contributed by atoms with Crippen LogP contribution in [0.1, 0.15) is 11.4 Å². The predicted octanol–water partition coefficient (Wildman–Crippen LogP) is 2.19. The lowest BCUT2D eigenvalue weighted by Gasteiger charge is -2.15. The molecule has 1 amide bonds. The van der Waals surface area contributed by atoms with E-state index in [0.717, 1.165) is 28.3 Å². The van der Waals surface area contributed by atoms with Crippen molar-refractivity contribution in [2.45, 2.75) is 13.5 Å². The maximum atomic E-state index is 12.2. The number of aromatic amines is 1. The van der Waals surface area contributed by atoms with Crippen LogP contribution in [0.2, 0.25) is 0 Å². The van der Waals surface area contributed by atoms with Crippen molar-refractivity contribution in [3.63, 3.8) is 0 Å². The second-order valence-corrected chi connectivity index (χ2v) is 6.13. The molecular weight excluding hydrogens is 316 g/mol. The van der Waals surface area contributed by atoms with Gasteiger partial charge in [0.2, 0.25) is 5.91 Å². The number of hydrogen-bond donors (Lipinski definition) is 2. The number of hydrogen-bond acceptors (Lipinski definition) is 4. The maximum Gasteiger partial charge on any atom is 0.238 e. The van der Waals surface area contributed by atoms with Gasteiger partial charge in [0.15, 0.2) is 0 Å². The van der Waals surface area contributed by atoms with Crippen molar-refractivity contribution in [3.8, 4) is 11.3 Å². The van der Waals surface area contributed by atoms with Crippen LogP contribution in [0.4, 0.5) is 5.69 Å². The number of carbonyl (C=O) groups is 1. The molecule has 2 heterocycles. The zero-order chi connectivity index (χ0) is 17.8. The fourth-order valence-corrected chi connectivity index (χ4v) is 2.60. The van der Waals surface area contributed by atoms with Crippen LogP contribution in [0.3, 0.4) is 0 Å². The molecule has 130 valence electrons. The van der Waals surface area contributed by atoms with E-state index in [9.17, 15) is 4.79 Å². The monoisotopic (exact) mass is 338 g/mol. The molecule has 25 heavy (non-hydrogen) atoms. The molecule has 3 rings (SSSR count). The molecule has 2 aromatic heterocycles. The first kappa shape index (κ1) is 16.9. The Morgan fingerprint density at radius 3 is 2.76 bits per heavy atom. The first-order valence-corrected chi connectivity index (χ1v) is 8.09. The van der Waals surface area contributed by atoms with E-state index in [1.807, 2.05) is 62.3 Å². The number of nitrogens with zero attached hydrogens (tertiary/aromatic N) is 4. The quantitative estimate of drug-likeness (QED) is 0.722. The Hall–Kier alpha value is -2.93. The Kier molecular flexibility index (Phi) is 4.95. The average Bonchev–Trinajstić information content (AvgIpc) is 3.17. The molecule has 2 N–H and O–H groups in total. The molecule has 0 spiro atoms. The van der Waals surface area contributed by atoms with Crippen LogP contribution in [0.25, 0.3) is 11.3 Å². The third-order valence-electron chi connectivity index (χ3n) is 4.06. The van der Waals surface area contributed by atoms with Crippen LogP contribution in [0, 0.1) is 6.92 Å². The van der Waals surface area contributed by atoms with E-state index in [0.29, 0.717) is 6.54 Å². The fraction of sp³-hybridized carbons (Fsp3) is 0.278. The van der Waals surface area contributed by atoms with Gasteiger partial charge in [0, 0.05) is 24.8 Å². The minimum atomic E-state index is -0.0681. The van der Waals surface area contributed by atoms with Crippen LogP contribution in [0.5, 0.6) is 0 Å². The lowest BCUT2D eigenvalue weighted by Crippen LogP contribution is -2.30. The summed E-state index contributed by atoms with van der Waals surface area (Å²) in [4.78, 5) is 14.1. The number of likely N-dealkylation sites (N-methyl/N-ethyl adjacent to an activating group) is 1. The molecule has 7 nitrogen and oxygen atoms in total. The summed E-state index contributed by atoms with van der Waals surface area (Å²) in [6.07, 6.45) is 1.66. The SMILES string of the molecule is Cc1c(NC(=O)CN(C)Cc2cc(-c3ccccc3)n[nH]2)cnn1C. The summed E-state index contributed by atoms with van der Waals surface area (Å²) in [7, 11) is 3.75. The summed E-state index contributed by atoms with van der Waals surface area (Å²) < 4.78 is 1.73. The normalized spacial score (nSPS) is 11.0. The first-order chi connectivity index (χ1) is 12.0. The van der Waals surface area contributed by atoms with Crippen molar-refractivity contribution >= 4 is 11.6 Å². The number of benzene rings is 1. The van der Waals surface area contributed by atoms with Gasteiger partial charge in [0.1, 0.15) is 0 Å². The summed E-state index contributed by atoms with van der Waals surface area (Å²) in [5.74, 6) is -0.0681. The highest BCUT2D eigenvalue weighted by Gasteiger charge is 2.12. The summed E-state index contributed by atoms with van der Waals surface area (Å²) >= 11 is 0. The zero-order valence-corrected chi connectivity index (χ0v) is 14.7.